The van der Waals surface area contributed by atoms with Gasteiger partial charge in [0.25, 0.3) is 5.91 Å². The number of methoxy groups -OCH3 is 1. The van der Waals surface area contributed by atoms with Gasteiger partial charge in [-0.1, -0.05) is 6.07 Å². The molecule has 2 rings (SSSR count). The topological polar surface area (TPSA) is 63.2 Å². The first-order valence-electron chi connectivity index (χ1n) is 7.08. The lowest BCUT2D eigenvalue weighted by Gasteiger charge is -2.13. The number of nitrogens with one attached hydrogen (secondary N) is 2. The average Bonchev–Trinajstić information content (AvgIpc) is 2.55. The van der Waals surface area contributed by atoms with Crippen LogP contribution >= 0.6 is 0 Å². The lowest BCUT2D eigenvalue weighted by molar-refractivity contribution is -0.137. The molecule has 0 aliphatic rings. The molecule has 0 bridgehead atoms. The minimum atomic E-state index is -4.44. The molecule has 24 heavy (non-hydrogen) atoms. The van der Waals surface area contributed by atoms with Crippen LogP contribution in [0.1, 0.15) is 15.9 Å². The van der Waals surface area contributed by atoms with Crippen molar-refractivity contribution in [3.8, 4) is 0 Å². The van der Waals surface area contributed by atoms with Crippen LogP contribution in [-0.2, 0) is 10.9 Å². The fourth-order valence-electron chi connectivity index (χ4n) is 1.96. The summed E-state index contributed by atoms with van der Waals surface area (Å²) in [6.45, 7) is 0.662. The van der Waals surface area contributed by atoms with Gasteiger partial charge in [0.2, 0.25) is 0 Å². The van der Waals surface area contributed by atoms with Crippen LogP contribution in [0, 0.1) is 0 Å². The SMILES string of the molecule is COCCNC(=O)c1cccnc1Nc1cccc(C(F)(F)F)c1. The van der Waals surface area contributed by atoms with Crippen LogP contribution < -0.4 is 10.6 Å². The second kappa shape index (κ2) is 7.78. The average molecular weight is 339 g/mol. The molecule has 2 N–H and O–H groups in total. The number of ether oxygens (including phenoxy) is 1. The van der Waals surface area contributed by atoms with Crippen molar-refractivity contribution in [1.82, 2.24) is 10.3 Å². The van der Waals surface area contributed by atoms with E-state index in [1.165, 1.54) is 31.5 Å². The van der Waals surface area contributed by atoms with Crippen LogP contribution in [0.3, 0.4) is 0 Å². The summed E-state index contributed by atoms with van der Waals surface area (Å²) in [5, 5.41) is 5.39. The largest absolute Gasteiger partial charge is 0.416 e. The van der Waals surface area contributed by atoms with Crippen molar-refractivity contribution < 1.29 is 22.7 Å². The van der Waals surface area contributed by atoms with Crippen molar-refractivity contribution in [2.75, 3.05) is 25.6 Å². The Balaban J connectivity index is 2.20. The Morgan fingerprint density at radius 2 is 2.04 bits per heavy atom. The van der Waals surface area contributed by atoms with Gasteiger partial charge in [-0.15, -0.1) is 0 Å². The zero-order valence-corrected chi connectivity index (χ0v) is 12.9. The molecule has 0 aliphatic heterocycles. The molecule has 8 heteroatoms. The smallest absolute Gasteiger partial charge is 0.383 e. The molecule has 0 spiro atoms. The molecular formula is C16H16F3N3O2. The maximum absolute atomic E-state index is 12.8. The zero-order valence-electron chi connectivity index (χ0n) is 12.9. The number of pyridine rings is 1. The quantitative estimate of drug-likeness (QED) is 0.793. The summed E-state index contributed by atoms with van der Waals surface area (Å²) in [6, 6.07) is 7.79. The highest BCUT2D eigenvalue weighted by molar-refractivity contribution is 5.99. The van der Waals surface area contributed by atoms with E-state index in [4.69, 9.17) is 4.74 Å². The first-order valence-corrected chi connectivity index (χ1v) is 7.08. The van der Waals surface area contributed by atoms with Crippen molar-refractivity contribution >= 4 is 17.4 Å². The molecule has 0 aliphatic carbocycles. The van der Waals surface area contributed by atoms with E-state index in [9.17, 15) is 18.0 Å². The molecule has 1 heterocycles. The van der Waals surface area contributed by atoms with Gasteiger partial charge in [-0.2, -0.15) is 13.2 Å². The van der Waals surface area contributed by atoms with Crippen molar-refractivity contribution in [1.29, 1.82) is 0 Å². The van der Waals surface area contributed by atoms with Crippen LogP contribution in [0.2, 0.25) is 0 Å². The monoisotopic (exact) mass is 339 g/mol. The van der Waals surface area contributed by atoms with E-state index < -0.39 is 17.6 Å². The summed E-state index contributed by atoms with van der Waals surface area (Å²) in [6.07, 6.45) is -3.00. The standard InChI is InChI=1S/C16H16F3N3O2/c1-24-9-8-21-15(23)13-6-3-7-20-14(13)22-12-5-2-4-11(10-12)16(17,18)19/h2-7,10H,8-9H2,1H3,(H,20,22)(H,21,23). The first-order chi connectivity index (χ1) is 11.4. The Bertz CT molecular complexity index is 705. The van der Waals surface area contributed by atoms with Crippen molar-refractivity contribution in [2.24, 2.45) is 0 Å². The molecule has 1 aromatic carbocycles. The molecule has 0 saturated heterocycles. The maximum atomic E-state index is 12.8. The predicted octanol–water partition coefficient (Wildman–Crippen LogP) is 3.22. The summed E-state index contributed by atoms with van der Waals surface area (Å²) in [7, 11) is 1.51. The molecular weight excluding hydrogens is 323 g/mol. The molecule has 0 radical (unpaired) electrons. The molecule has 1 aromatic heterocycles. The van der Waals surface area contributed by atoms with E-state index in [-0.39, 0.29) is 17.1 Å². The normalized spacial score (nSPS) is 11.2. The maximum Gasteiger partial charge on any atom is 0.416 e. The van der Waals surface area contributed by atoms with Gasteiger partial charge < -0.3 is 15.4 Å². The molecule has 0 fully saturated rings. The van der Waals surface area contributed by atoms with Gasteiger partial charge in [-0.05, 0) is 30.3 Å². The first kappa shape index (κ1) is 17.7. The predicted molar refractivity (Wildman–Crippen MR) is 83.2 cm³/mol. The number of hydrogen-bond acceptors (Lipinski definition) is 4. The van der Waals surface area contributed by atoms with Crippen molar-refractivity contribution in [2.45, 2.75) is 6.18 Å². The summed E-state index contributed by atoms with van der Waals surface area (Å²) in [5.74, 6) is -0.221. The summed E-state index contributed by atoms with van der Waals surface area (Å²) in [4.78, 5) is 16.2. The van der Waals surface area contributed by atoms with E-state index in [2.05, 4.69) is 15.6 Å². The van der Waals surface area contributed by atoms with Crippen LogP contribution in [0.15, 0.2) is 42.6 Å². The van der Waals surface area contributed by atoms with Crippen LogP contribution in [0.25, 0.3) is 0 Å². The van der Waals surface area contributed by atoms with Crippen LogP contribution in [0.5, 0.6) is 0 Å². The van der Waals surface area contributed by atoms with Gasteiger partial charge in [0.15, 0.2) is 0 Å². The summed E-state index contributed by atoms with van der Waals surface area (Å²) < 4.78 is 43.1. The van der Waals surface area contributed by atoms with Gasteiger partial charge in [-0.25, -0.2) is 4.98 Å². The number of aromatic nitrogens is 1. The number of alkyl halides is 3. The minimum Gasteiger partial charge on any atom is -0.383 e. The van der Waals surface area contributed by atoms with E-state index >= 15 is 0 Å². The Morgan fingerprint density at radius 1 is 1.25 bits per heavy atom. The second-order valence-corrected chi connectivity index (χ2v) is 4.85. The highest BCUT2D eigenvalue weighted by atomic mass is 19.4. The highest BCUT2D eigenvalue weighted by Gasteiger charge is 2.30. The van der Waals surface area contributed by atoms with E-state index in [0.717, 1.165) is 12.1 Å². The Labute approximate surface area is 136 Å². The molecule has 128 valence electrons. The number of benzene rings is 1. The lowest BCUT2D eigenvalue weighted by Crippen LogP contribution is -2.27. The number of carbonyl (C=O) groups is 1. The van der Waals surface area contributed by atoms with E-state index in [0.29, 0.717) is 13.2 Å². The number of amides is 1. The Morgan fingerprint density at radius 3 is 2.75 bits per heavy atom. The fourth-order valence-corrected chi connectivity index (χ4v) is 1.96. The number of rotatable bonds is 6. The summed E-state index contributed by atoms with van der Waals surface area (Å²) >= 11 is 0. The van der Waals surface area contributed by atoms with Gasteiger partial charge in [0.05, 0.1) is 17.7 Å². The molecule has 2 aromatic rings. The number of nitrogens with zero attached hydrogens (tertiary/aromatic N) is 1. The van der Waals surface area contributed by atoms with E-state index in [1.807, 2.05) is 0 Å². The van der Waals surface area contributed by atoms with Gasteiger partial charge >= 0.3 is 6.18 Å². The van der Waals surface area contributed by atoms with Crippen molar-refractivity contribution in [3.05, 3.63) is 53.7 Å². The summed E-state index contributed by atoms with van der Waals surface area (Å²) in [5.41, 5.74) is -0.366. The third-order valence-corrected chi connectivity index (χ3v) is 3.10. The van der Waals surface area contributed by atoms with Gasteiger partial charge in [-0.3, -0.25) is 4.79 Å². The molecule has 1 amide bonds. The minimum absolute atomic E-state index is 0.173. The molecule has 5 nitrogen and oxygen atoms in total. The Kier molecular flexibility index (Phi) is 5.75. The van der Waals surface area contributed by atoms with Crippen LogP contribution in [-0.4, -0.2) is 31.2 Å². The number of anilines is 2. The fraction of sp³-hybridized carbons (Fsp3) is 0.250. The second-order valence-electron chi connectivity index (χ2n) is 4.85. The molecule has 0 saturated carbocycles. The lowest BCUT2D eigenvalue weighted by atomic mass is 10.2. The number of hydrogen-bond donors (Lipinski definition) is 2. The third kappa shape index (κ3) is 4.69. The van der Waals surface area contributed by atoms with E-state index in [1.54, 1.807) is 6.07 Å². The van der Waals surface area contributed by atoms with Crippen molar-refractivity contribution in [3.63, 3.8) is 0 Å². The van der Waals surface area contributed by atoms with Crippen LogP contribution in [0.4, 0.5) is 24.7 Å². The van der Waals surface area contributed by atoms with Gasteiger partial charge in [0, 0.05) is 25.5 Å². The highest BCUT2D eigenvalue weighted by Crippen LogP contribution is 2.31. The molecule has 0 unspecified atom stereocenters. The number of carbonyl (C=O) groups excluding carboxylic acids is 1. The molecule has 0 atom stereocenters. The van der Waals surface area contributed by atoms with Gasteiger partial charge in [0.1, 0.15) is 5.82 Å². The number of halogens is 3. The third-order valence-electron chi connectivity index (χ3n) is 3.10. The Hall–Kier alpha value is -2.61. The zero-order chi connectivity index (χ0) is 17.6.